The second-order valence-corrected chi connectivity index (χ2v) is 7.53. The summed E-state index contributed by atoms with van der Waals surface area (Å²) >= 11 is 0. The van der Waals surface area contributed by atoms with Crippen molar-refractivity contribution in [1.29, 1.82) is 0 Å². The highest BCUT2D eigenvalue weighted by Crippen LogP contribution is 2.15. The molecule has 1 aliphatic rings. The maximum absolute atomic E-state index is 11.7. The summed E-state index contributed by atoms with van der Waals surface area (Å²) in [6.45, 7) is 5.87. The fourth-order valence-electron chi connectivity index (χ4n) is 1.83. The third-order valence-electron chi connectivity index (χ3n) is 3.13. The topological polar surface area (TPSA) is 92.5 Å². The molecule has 0 aromatic rings. The maximum Gasteiger partial charge on any atom is 0.239 e. The van der Waals surface area contributed by atoms with E-state index in [1.165, 1.54) is 4.31 Å². The molecule has 0 aromatic heterocycles. The zero-order chi connectivity index (χ0) is 14.0. The van der Waals surface area contributed by atoms with Crippen molar-refractivity contribution in [2.45, 2.75) is 45.2 Å². The Morgan fingerprint density at radius 1 is 1.39 bits per heavy atom. The standard InChI is InChI=1S/C11H23N3O3S/c1-4-18(16,17)14-7-5-9(6-8-14)13-10(15)11(2,3)12/h9H,4-8,12H2,1-3H3,(H,13,15). The van der Waals surface area contributed by atoms with Gasteiger partial charge in [0.15, 0.2) is 0 Å². The number of rotatable bonds is 4. The molecule has 0 bridgehead atoms. The molecule has 7 heteroatoms. The van der Waals surface area contributed by atoms with Gasteiger partial charge in [0.1, 0.15) is 0 Å². The zero-order valence-corrected chi connectivity index (χ0v) is 12.1. The van der Waals surface area contributed by atoms with Crippen LogP contribution in [0.3, 0.4) is 0 Å². The van der Waals surface area contributed by atoms with Crippen molar-refractivity contribution >= 4 is 15.9 Å². The molecule has 1 amide bonds. The van der Waals surface area contributed by atoms with Gasteiger partial charge in [-0.2, -0.15) is 0 Å². The van der Waals surface area contributed by atoms with Gasteiger partial charge in [0.05, 0.1) is 11.3 Å². The highest BCUT2D eigenvalue weighted by atomic mass is 32.2. The maximum atomic E-state index is 11.7. The number of carbonyl (C=O) groups is 1. The van der Waals surface area contributed by atoms with Gasteiger partial charge in [0, 0.05) is 19.1 Å². The van der Waals surface area contributed by atoms with E-state index in [4.69, 9.17) is 5.73 Å². The molecule has 0 aliphatic carbocycles. The minimum absolute atomic E-state index is 0.0173. The molecule has 6 nitrogen and oxygen atoms in total. The Balaban J connectivity index is 2.48. The first kappa shape index (κ1) is 15.4. The molecule has 1 heterocycles. The SMILES string of the molecule is CCS(=O)(=O)N1CCC(NC(=O)C(C)(C)N)CC1. The number of amides is 1. The fraction of sp³-hybridized carbons (Fsp3) is 0.909. The number of sulfonamides is 1. The Bertz CT molecular complexity index is 392. The number of hydrogen-bond acceptors (Lipinski definition) is 4. The first-order valence-electron chi connectivity index (χ1n) is 6.24. The number of carbonyl (C=O) groups excluding carboxylic acids is 1. The van der Waals surface area contributed by atoms with Crippen molar-refractivity contribution in [2.24, 2.45) is 5.73 Å². The zero-order valence-electron chi connectivity index (χ0n) is 11.3. The minimum atomic E-state index is -3.11. The van der Waals surface area contributed by atoms with Gasteiger partial charge in [-0.05, 0) is 33.6 Å². The molecule has 0 unspecified atom stereocenters. The Labute approximate surface area is 109 Å². The lowest BCUT2D eigenvalue weighted by Crippen LogP contribution is -2.54. The van der Waals surface area contributed by atoms with Gasteiger partial charge >= 0.3 is 0 Å². The molecule has 0 aromatic carbocycles. The van der Waals surface area contributed by atoms with Crippen molar-refractivity contribution in [1.82, 2.24) is 9.62 Å². The van der Waals surface area contributed by atoms with Gasteiger partial charge in [-0.3, -0.25) is 4.79 Å². The van der Waals surface area contributed by atoms with Gasteiger partial charge in [0.2, 0.25) is 15.9 Å². The third-order valence-corrected chi connectivity index (χ3v) is 5.01. The van der Waals surface area contributed by atoms with Crippen LogP contribution in [-0.2, 0) is 14.8 Å². The van der Waals surface area contributed by atoms with Crippen LogP contribution < -0.4 is 11.1 Å². The summed E-state index contributed by atoms with van der Waals surface area (Å²) in [6, 6.07) is 0.0173. The largest absolute Gasteiger partial charge is 0.352 e. The number of nitrogens with zero attached hydrogens (tertiary/aromatic N) is 1. The number of hydrogen-bond donors (Lipinski definition) is 2. The Morgan fingerprint density at radius 2 is 1.89 bits per heavy atom. The summed E-state index contributed by atoms with van der Waals surface area (Å²) in [5, 5.41) is 2.86. The van der Waals surface area contributed by atoms with Crippen molar-refractivity contribution < 1.29 is 13.2 Å². The average molecular weight is 277 g/mol. The summed E-state index contributed by atoms with van der Waals surface area (Å²) in [5.41, 5.74) is 4.80. The molecule has 1 saturated heterocycles. The van der Waals surface area contributed by atoms with Crippen LogP contribution in [0.2, 0.25) is 0 Å². The smallest absolute Gasteiger partial charge is 0.239 e. The summed E-state index contributed by atoms with van der Waals surface area (Å²) in [4.78, 5) is 11.7. The monoisotopic (exact) mass is 277 g/mol. The Kier molecular flexibility index (Phi) is 4.74. The second-order valence-electron chi connectivity index (χ2n) is 5.27. The molecule has 1 aliphatic heterocycles. The molecule has 0 saturated carbocycles. The van der Waals surface area contributed by atoms with Gasteiger partial charge in [0.25, 0.3) is 0 Å². The van der Waals surface area contributed by atoms with Crippen LogP contribution in [-0.4, -0.2) is 49.1 Å². The van der Waals surface area contributed by atoms with E-state index in [9.17, 15) is 13.2 Å². The van der Waals surface area contributed by atoms with E-state index < -0.39 is 15.6 Å². The number of nitrogens with one attached hydrogen (secondary N) is 1. The van der Waals surface area contributed by atoms with E-state index in [0.717, 1.165) is 0 Å². The van der Waals surface area contributed by atoms with E-state index in [2.05, 4.69) is 5.32 Å². The molecule has 106 valence electrons. The van der Waals surface area contributed by atoms with E-state index in [1.54, 1.807) is 20.8 Å². The molecular formula is C11H23N3O3S. The van der Waals surface area contributed by atoms with Crippen molar-refractivity contribution in [2.75, 3.05) is 18.8 Å². The molecule has 1 fully saturated rings. The van der Waals surface area contributed by atoms with Crippen LogP contribution >= 0.6 is 0 Å². The highest BCUT2D eigenvalue weighted by Gasteiger charge is 2.30. The highest BCUT2D eigenvalue weighted by molar-refractivity contribution is 7.89. The lowest BCUT2D eigenvalue weighted by Gasteiger charge is -2.32. The Morgan fingerprint density at radius 3 is 2.28 bits per heavy atom. The average Bonchev–Trinajstić information content (AvgIpc) is 2.28. The minimum Gasteiger partial charge on any atom is -0.352 e. The van der Waals surface area contributed by atoms with Crippen LogP contribution in [0.4, 0.5) is 0 Å². The number of piperidine rings is 1. The van der Waals surface area contributed by atoms with Crippen LogP contribution in [0.1, 0.15) is 33.6 Å². The van der Waals surface area contributed by atoms with E-state index in [1.807, 2.05) is 0 Å². The molecule has 3 N–H and O–H groups in total. The first-order valence-corrected chi connectivity index (χ1v) is 7.85. The van der Waals surface area contributed by atoms with Gasteiger partial charge in [-0.1, -0.05) is 0 Å². The number of nitrogens with two attached hydrogens (primary N) is 1. The molecule has 0 spiro atoms. The van der Waals surface area contributed by atoms with Crippen LogP contribution in [0.15, 0.2) is 0 Å². The lowest BCUT2D eigenvalue weighted by molar-refractivity contribution is -0.126. The molecule has 0 radical (unpaired) electrons. The fourth-order valence-corrected chi connectivity index (χ4v) is 2.96. The second kappa shape index (κ2) is 5.54. The summed E-state index contributed by atoms with van der Waals surface area (Å²) in [7, 11) is -3.11. The van der Waals surface area contributed by atoms with Crippen LogP contribution in [0.5, 0.6) is 0 Å². The van der Waals surface area contributed by atoms with Crippen molar-refractivity contribution in [3.05, 3.63) is 0 Å². The van der Waals surface area contributed by atoms with Crippen molar-refractivity contribution in [3.8, 4) is 0 Å². The lowest BCUT2D eigenvalue weighted by atomic mass is 10.0. The van der Waals surface area contributed by atoms with Crippen LogP contribution in [0.25, 0.3) is 0 Å². The third kappa shape index (κ3) is 3.93. The van der Waals surface area contributed by atoms with Gasteiger partial charge < -0.3 is 11.1 Å². The predicted octanol–water partition coefficient (Wildman–Crippen LogP) is -0.346. The molecule has 0 atom stereocenters. The normalized spacial score (nSPS) is 19.8. The van der Waals surface area contributed by atoms with Crippen LogP contribution in [0, 0.1) is 0 Å². The van der Waals surface area contributed by atoms with Gasteiger partial charge in [-0.25, -0.2) is 12.7 Å². The predicted molar refractivity (Wildman–Crippen MR) is 70.5 cm³/mol. The van der Waals surface area contributed by atoms with E-state index in [0.29, 0.717) is 25.9 Å². The molecule has 1 rings (SSSR count). The van der Waals surface area contributed by atoms with E-state index >= 15 is 0 Å². The first-order chi connectivity index (χ1) is 8.16. The molecular weight excluding hydrogens is 254 g/mol. The van der Waals surface area contributed by atoms with E-state index in [-0.39, 0.29) is 17.7 Å². The quantitative estimate of drug-likeness (QED) is 0.735. The van der Waals surface area contributed by atoms with Crippen molar-refractivity contribution in [3.63, 3.8) is 0 Å². The molecule has 18 heavy (non-hydrogen) atoms. The summed E-state index contributed by atoms with van der Waals surface area (Å²) < 4.78 is 24.8. The summed E-state index contributed by atoms with van der Waals surface area (Å²) in [5.74, 6) is -0.0702. The summed E-state index contributed by atoms with van der Waals surface area (Å²) in [6.07, 6.45) is 1.28. The Hall–Kier alpha value is -0.660. The van der Waals surface area contributed by atoms with Gasteiger partial charge in [-0.15, -0.1) is 0 Å².